The predicted molar refractivity (Wildman–Crippen MR) is 80.0 cm³/mol. The van der Waals surface area contributed by atoms with Gasteiger partial charge in [0, 0.05) is 12.1 Å². The molecule has 0 aliphatic heterocycles. The minimum Gasteiger partial charge on any atom is -0.494 e. The Morgan fingerprint density at radius 3 is 2.29 bits per heavy atom. The number of anilines is 1. The Morgan fingerprint density at radius 1 is 1.14 bits per heavy atom. The highest BCUT2D eigenvalue weighted by Gasteiger charge is 2.22. The lowest BCUT2D eigenvalue weighted by Crippen LogP contribution is -2.26. The summed E-state index contributed by atoms with van der Waals surface area (Å²) >= 11 is 5.77. The fourth-order valence-corrected chi connectivity index (χ4v) is 3.09. The average Bonchev–Trinajstić information content (AvgIpc) is 2.47. The van der Waals surface area contributed by atoms with Gasteiger partial charge in [0.2, 0.25) is 0 Å². The molecule has 0 heterocycles. The van der Waals surface area contributed by atoms with E-state index in [4.69, 9.17) is 16.3 Å². The van der Waals surface area contributed by atoms with Crippen LogP contribution in [-0.2, 0) is 10.0 Å². The van der Waals surface area contributed by atoms with Gasteiger partial charge < -0.3 is 4.74 Å². The van der Waals surface area contributed by atoms with Crippen LogP contribution < -0.4 is 9.04 Å². The zero-order chi connectivity index (χ0) is 15.6. The summed E-state index contributed by atoms with van der Waals surface area (Å²) in [6, 6.07) is 9.80. The summed E-state index contributed by atoms with van der Waals surface area (Å²) in [5.74, 6) is -0.744. The highest BCUT2D eigenvalue weighted by molar-refractivity contribution is 7.92. The first kappa shape index (κ1) is 15.6. The molecule has 0 unspecified atom stereocenters. The lowest BCUT2D eigenvalue weighted by molar-refractivity contribution is 0.385. The fraction of sp³-hybridized carbons (Fsp3) is 0.143. The van der Waals surface area contributed by atoms with Crippen LogP contribution in [0.2, 0.25) is 5.02 Å². The first-order valence-corrected chi connectivity index (χ1v) is 7.76. The normalized spacial score (nSPS) is 11.2. The molecule has 0 aromatic heterocycles. The van der Waals surface area contributed by atoms with Gasteiger partial charge in [-0.25, -0.2) is 12.8 Å². The summed E-state index contributed by atoms with van der Waals surface area (Å²) < 4.78 is 44.4. The van der Waals surface area contributed by atoms with Crippen molar-refractivity contribution in [1.82, 2.24) is 0 Å². The first-order chi connectivity index (χ1) is 9.86. The summed E-state index contributed by atoms with van der Waals surface area (Å²) in [4.78, 5) is -0.154. The molecule has 0 fully saturated rings. The smallest absolute Gasteiger partial charge is 0.264 e. The van der Waals surface area contributed by atoms with Gasteiger partial charge in [-0.2, -0.15) is 0 Å². The summed E-state index contributed by atoms with van der Waals surface area (Å²) in [6.07, 6.45) is 0. The summed E-state index contributed by atoms with van der Waals surface area (Å²) in [5.41, 5.74) is 0.427. The molecular formula is C14H13ClFNO3S. The molecule has 0 spiro atoms. The van der Waals surface area contributed by atoms with Crippen molar-refractivity contribution >= 4 is 27.3 Å². The van der Waals surface area contributed by atoms with Crippen LogP contribution in [0.5, 0.6) is 5.75 Å². The third kappa shape index (κ3) is 3.11. The van der Waals surface area contributed by atoms with E-state index in [9.17, 15) is 12.8 Å². The van der Waals surface area contributed by atoms with Crippen LogP contribution in [0.25, 0.3) is 0 Å². The molecule has 4 nitrogen and oxygen atoms in total. The maximum absolute atomic E-state index is 13.7. The Morgan fingerprint density at radius 2 is 1.76 bits per heavy atom. The topological polar surface area (TPSA) is 46.6 Å². The second-order valence-electron chi connectivity index (χ2n) is 4.25. The van der Waals surface area contributed by atoms with Gasteiger partial charge in [0.25, 0.3) is 10.0 Å². The molecule has 0 aliphatic rings. The van der Waals surface area contributed by atoms with Crippen molar-refractivity contribution in [2.45, 2.75) is 4.90 Å². The summed E-state index contributed by atoms with van der Waals surface area (Å²) in [7, 11) is -1.16. The molecule has 0 saturated heterocycles. The number of hydrogen-bond donors (Lipinski definition) is 0. The van der Waals surface area contributed by atoms with E-state index in [0.29, 0.717) is 10.7 Å². The van der Waals surface area contributed by atoms with Crippen LogP contribution in [-0.4, -0.2) is 22.6 Å². The molecule has 2 aromatic carbocycles. The third-order valence-electron chi connectivity index (χ3n) is 2.97. The van der Waals surface area contributed by atoms with Gasteiger partial charge >= 0.3 is 0 Å². The molecule has 2 aromatic rings. The molecule has 21 heavy (non-hydrogen) atoms. The molecule has 0 N–H and O–H groups in total. The van der Waals surface area contributed by atoms with Gasteiger partial charge in [0.15, 0.2) is 11.6 Å². The molecule has 0 amide bonds. The Labute approximate surface area is 127 Å². The van der Waals surface area contributed by atoms with E-state index in [0.717, 1.165) is 10.4 Å². The zero-order valence-electron chi connectivity index (χ0n) is 11.4. The van der Waals surface area contributed by atoms with E-state index in [2.05, 4.69) is 0 Å². The fourth-order valence-electron chi connectivity index (χ4n) is 1.76. The second-order valence-corrected chi connectivity index (χ2v) is 6.65. The van der Waals surface area contributed by atoms with Crippen molar-refractivity contribution in [3.63, 3.8) is 0 Å². The van der Waals surface area contributed by atoms with Gasteiger partial charge in [-0.3, -0.25) is 4.31 Å². The number of benzene rings is 2. The van der Waals surface area contributed by atoms with Crippen LogP contribution >= 0.6 is 11.6 Å². The van der Waals surface area contributed by atoms with Crippen molar-refractivity contribution in [3.05, 3.63) is 53.3 Å². The molecular weight excluding hydrogens is 317 g/mol. The van der Waals surface area contributed by atoms with Crippen LogP contribution in [0.3, 0.4) is 0 Å². The van der Waals surface area contributed by atoms with Gasteiger partial charge in [-0.15, -0.1) is 0 Å². The summed E-state index contributed by atoms with van der Waals surface area (Å²) in [6.45, 7) is 0. The van der Waals surface area contributed by atoms with Gasteiger partial charge in [-0.05, 0) is 42.5 Å². The Kier molecular flexibility index (Phi) is 4.39. The number of methoxy groups -OCH3 is 1. The van der Waals surface area contributed by atoms with E-state index in [1.807, 2.05) is 0 Å². The largest absolute Gasteiger partial charge is 0.494 e. The highest BCUT2D eigenvalue weighted by Crippen LogP contribution is 2.26. The van der Waals surface area contributed by atoms with E-state index >= 15 is 0 Å². The van der Waals surface area contributed by atoms with Crippen LogP contribution in [0.15, 0.2) is 47.4 Å². The minimum atomic E-state index is -3.86. The number of hydrogen-bond acceptors (Lipinski definition) is 3. The Hall–Kier alpha value is -1.79. The monoisotopic (exact) mass is 329 g/mol. The maximum atomic E-state index is 13.7. The average molecular weight is 330 g/mol. The van der Waals surface area contributed by atoms with Crippen molar-refractivity contribution in [2.24, 2.45) is 0 Å². The van der Waals surface area contributed by atoms with Crippen molar-refractivity contribution in [3.8, 4) is 5.75 Å². The second kappa shape index (κ2) is 5.91. The van der Waals surface area contributed by atoms with Crippen molar-refractivity contribution in [2.75, 3.05) is 18.5 Å². The molecule has 0 atom stereocenters. The molecule has 112 valence electrons. The minimum absolute atomic E-state index is 0.0110. The van der Waals surface area contributed by atoms with Crippen molar-refractivity contribution in [1.29, 1.82) is 0 Å². The molecule has 0 radical (unpaired) electrons. The molecule has 0 saturated carbocycles. The third-order valence-corrected chi connectivity index (χ3v) is 5.01. The first-order valence-electron chi connectivity index (χ1n) is 5.94. The van der Waals surface area contributed by atoms with Crippen LogP contribution in [0, 0.1) is 5.82 Å². The van der Waals surface area contributed by atoms with Gasteiger partial charge in [0.1, 0.15) is 0 Å². The quantitative estimate of drug-likeness (QED) is 0.864. The SMILES string of the molecule is COc1ccc(S(=O)(=O)N(C)c2ccc(Cl)cc2)cc1F. The molecule has 2 rings (SSSR count). The zero-order valence-corrected chi connectivity index (χ0v) is 13.0. The van der Waals surface area contributed by atoms with Gasteiger partial charge in [0.05, 0.1) is 17.7 Å². The Balaban J connectivity index is 2.41. The van der Waals surface area contributed by atoms with E-state index < -0.39 is 15.8 Å². The number of halogens is 2. The van der Waals surface area contributed by atoms with E-state index in [1.54, 1.807) is 24.3 Å². The van der Waals surface area contributed by atoms with Crippen LogP contribution in [0.1, 0.15) is 0 Å². The Bertz CT molecular complexity index is 747. The number of nitrogens with zero attached hydrogens (tertiary/aromatic N) is 1. The van der Waals surface area contributed by atoms with Crippen molar-refractivity contribution < 1.29 is 17.5 Å². The predicted octanol–water partition coefficient (Wildman–Crippen LogP) is 3.31. The van der Waals surface area contributed by atoms with Crippen LogP contribution in [0.4, 0.5) is 10.1 Å². The summed E-state index contributed by atoms with van der Waals surface area (Å²) in [5, 5.41) is 0.500. The highest BCUT2D eigenvalue weighted by atomic mass is 35.5. The van der Waals surface area contributed by atoms with E-state index in [1.165, 1.54) is 26.3 Å². The molecule has 0 bridgehead atoms. The molecule has 7 heteroatoms. The number of ether oxygens (including phenoxy) is 1. The van der Waals surface area contributed by atoms with Gasteiger partial charge in [-0.1, -0.05) is 11.6 Å². The van der Waals surface area contributed by atoms with E-state index in [-0.39, 0.29) is 10.6 Å². The lowest BCUT2D eigenvalue weighted by atomic mass is 10.3. The lowest BCUT2D eigenvalue weighted by Gasteiger charge is -2.19. The standard InChI is InChI=1S/C14H13ClFNO3S/c1-17(11-5-3-10(15)4-6-11)21(18,19)12-7-8-14(20-2)13(16)9-12/h3-9H,1-2H3. The number of sulfonamides is 1. The number of rotatable bonds is 4. The molecule has 0 aliphatic carbocycles. The maximum Gasteiger partial charge on any atom is 0.264 e.